The quantitative estimate of drug-likeness (QED) is 0.469. The summed E-state index contributed by atoms with van der Waals surface area (Å²) >= 11 is 3.90. The molecule has 1 aromatic rings. The Morgan fingerprint density at radius 2 is 2.17 bits per heavy atom. The first-order chi connectivity index (χ1) is 8.32. The van der Waals surface area contributed by atoms with Crippen LogP contribution >= 0.6 is 45.2 Å². The van der Waals surface area contributed by atoms with E-state index in [9.17, 15) is 13.2 Å². The fourth-order valence-corrected chi connectivity index (χ4v) is 3.97. The molecule has 1 amide bonds. The number of carbonyl (C=O) groups excluding carboxylic acids is 1. The van der Waals surface area contributed by atoms with E-state index in [-0.39, 0.29) is 17.0 Å². The molecule has 10 heteroatoms. The smallest absolute Gasteiger partial charge is 0.258 e. The molecule has 0 radical (unpaired) electrons. The number of aromatic nitrogens is 2. The van der Waals surface area contributed by atoms with Crippen LogP contribution < -0.4 is 5.14 Å². The van der Waals surface area contributed by atoms with Crippen molar-refractivity contribution in [2.24, 2.45) is 5.14 Å². The van der Waals surface area contributed by atoms with E-state index >= 15 is 0 Å². The predicted octanol–water partition coefficient (Wildman–Crippen LogP) is -0.0466. The van der Waals surface area contributed by atoms with Gasteiger partial charge in [0, 0.05) is 19.3 Å². The fraction of sp³-hybridized carbons (Fsp3) is 0.500. The zero-order valence-corrected chi connectivity index (χ0v) is 14.2. The minimum atomic E-state index is -3.79. The third kappa shape index (κ3) is 2.80. The van der Waals surface area contributed by atoms with Gasteiger partial charge in [0.2, 0.25) is 10.9 Å². The Balaban J connectivity index is 2.12. The summed E-state index contributed by atoms with van der Waals surface area (Å²) in [5.41, 5.74) is 0. The molecule has 100 valence electrons. The van der Waals surface area contributed by atoms with Crippen LogP contribution in [0.3, 0.4) is 0 Å². The highest BCUT2D eigenvalue weighted by Gasteiger charge is 2.33. The van der Waals surface area contributed by atoms with Crippen molar-refractivity contribution in [2.45, 2.75) is 11.1 Å². The third-order valence-corrected chi connectivity index (χ3v) is 5.28. The summed E-state index contributed by atoms with van der Waals surface area (Å²) in [6, 6.07) is 0.0286. The van der Waals surface area contributed by atoms with E-state index in [1.54, 1.807) is 15.8 Å². The van der Waals surface area contributed by atoms with Gasteiger partial charge in [0.15, 0.2) is 0 Å². The Morgan fingerprint density at radius 1 is 1.56 bits per heavy atom. The number of alkyl halides is 1. The molecule has 0 aliphatic carbocycles. The van der Waals surface area contributed by atoms with Crippen molar-refractivity contribution in [3.8, 4) is 0 Å². The van der Waals surface area contributed by atoms with Gasteiger partial charge in [-0.2, -0.15) is 5.10 Å². The van der Waals surface area contributed by atoms with Crippen LogP contribution in [0.15, 0.2) is 11.2 Å². The lowest BCUT2D eigenvalue weighted by Gasteiger charge is -2.38. The number of rotatable bonds is 3. The summed E-state index contributed by atoms with van der Waals surface area (Å²) in [6.45, 7) is 1.12. The zero-order chi connectivity index (χ0) is 13.5. The van der Waals surface area contributed by atoms with Gasteiger partial charge in [-0.25, -0.2) is 13.6 Å². The average Bonchev–Trinajstić information content (AvgIpc) is 2.57. The number of carbonyl (C=O) groups is 1. The zero-order valence-electron chi connectivity index (χ0n) is 9.08. The normalized spacial score (nSPS) is 16.7. The number of halogens is 2. The molecule has 18 heavy (non-hydrogen) atoms. The van der Waals surface area contributed by atoms with Crippen LogP contribution in [0.25, 0.3) is 0 Å². The van der Waals surface area contributed by atoms with Crippen molar-refractivity contribution in [1.82, 2.24) is 14.7 Å². The van der Waals surface area contributed by atoms with Gasteiger partial charge in [-0.15, -0.1) is 0 Å². The first-order valence-electron chi connectivity index (χ1n) is 4.94. The van der Waals surface area contributed by atoms with Crippen molar-refractivity contribution in [3.63, 3.8) is 0 Å². The maximum Gasteiger partial charge on any atom is 0.258 e. The molecule has 1 aliphatic heterocycles. The molecule has 2 rings (SSSR count). The monoisotopic (exact) mass is 496 g/mol. The van der Waals surface area contributed by atoms with Gasteiger partial charge in [-0.05, 0) is 22.6 Å². The highest BCUT2D eigenvalue weighted by molar-refractivity contribution is 14.1. The highest BCUT2D eigenvalue weighted by Crippen LogP contribution is 2.24. The van der Waals surface area contributed by atoms with Crippen LogP contribution in [-0.4, -0.2) is 46.5 Å². The third-order valence-electron chi connectivity index (χ3n) is 2.63. The number of hydrogen-bond donors (Lipinski definition) is 1. The van der Waals surface area contributed by atoms with Crippen LogP contribution in [0.2, 0.25) is 0 Å². The SMILES string of the molecule is NS(=O)(=O)c1nn(C2CN(C(=O)CI)C2)cc1I. The molecule has 2 heterocycles. The van der Waals surface area contributed by atoms with Gasteiger partial charge in [0.05, 0.1) is 14.0 Å². The summed E-state index contributed by atoms with van der Waals surface area (Å²) in [6.07, 6.45) is 1.64. The molecule has 1 fully saturated rings. The average molecular weight is 496 g/mol. The van der Waals surface area contributed by atoms with E-state index in [1.807, 2.05) is 45.2 Å². The molecular formula is C8H10I2N4O3S. The van der Waals surface area contributed by atoms with E-state index in [1.165, 1.54) is 0 Å². The molecule has 0 unspecified atom stereocenters. The fourth-order valence-electron chi connectivity index (χ4n) is 1.64. The highest BCUT2D eigenvalue weighted by atomic mass is 127. The molecule has 0 bridgehead atoms. The summed E-state index contributed by atoms with van der Waals surface area (Å²) in [7, 11) is -3.79. The standard InChI is InChI=1S/C8H10I2N4O3S/c9-1-7(15)13-2-5(3-13)14-4-6(10)8(12-14)18(11,16)17/h4-5H,1-3H2,(H2,11,16,17). The second-order valence-electron chi connectivity index (χ2n) is 3.89. The number of primary sulfonamides is 1. The molecule has 0 aromatic carbocycles. The van der Waals surface area contributed by atoms with E-state index in [2.05, 4.69) is 5.10 Å². The second kappa shape index (κ2) is 5.20. The van der Waals surface area contributed by atoms with Gasteiger partial charge in [0.25, 0.3) is 10.0 Å². The molecule has 1 aliphatic rings. The van der Waals surface area contributed by atoms with E-state index in [0.717, 1.165) is 0 Å². The lowest BCUT2D eigenvalue weighted by molar-refractivity contribution is -0.133. The molecule has 0 saturated carbocycles. The number of likely N-dealkylation sites (tertiary alicyclic amines) is 1. The Morgan fingerprint density at radius 3 is 2.61 bits per heavy atom. The Kier molecular flexibility index (Phi) is 4.18. The van der Waals surface area contributed by atoms with Crippen LogP contribution in [-0.2, 0) is 14.8 Å². The van der Waals surface area contributed by atoms with E-state index in [0.29, 0.717) is 21.1 Å². The number of nitrogens with two attached hydrogens (primary N) is 1. The lowest BCUT2D eigenvalue weighted by Crippen LogP contribution is -2.51. The van der Waals surface area contributed by atoms with E-state index in [4.69, 9.17) is 5.14 Å². The Bertz CT molecular complexity index is 579. The molecule has 7 nitrogen and oxygen atoms in total. The first-order valence-corrected chi connectivity index (χ1v) is 9.09. The number of sulfonamides is 1. The van der Waals surface area contributed by atoms with Gasteiger partial charge in [-0.1, -0.05) is 22.6 Å². The van der Waals surface area contributed by atoms with Crippen LogP contribution in [0.4, 0.5) is 0 Å². The van der Waals surface area contributed by atoms with Crippen molar-refractivity contribution >= 4 is 61.1 Å². The second-order valence-corrected chi connectivity index (χ2v) is 7.30. The summed E-state index contributed by atoms with van der Waals surface area (Å²) in [5, 5.41) is 8.92. The molecular weight excluding hydrogens is 486 g/mol. The summed E-state index contributed by atoms with van der Waals surface area (Å²) in [4.78, 5) is 13.1. The molecule has 0 spiro atoms. The number of hydrogen-bond acceptors (Lipinski definition) is 4. The summed E-state index contributed by atoms with van der Waals surface area (Å²) in [5.74, 6) is 0.0837. The molecule has 1 aromatic heterocycles. The van der Waals surface area contributed by atoms with Crippen LogP contribution in [0.1, 0.15) is 6.04 Å². The summed E-state index contributed by atoms with van der Waals surface area (Å²) < 4.78 is 25.0. The maximum atomic E-state index is 11.4. The minimum absolute atomic E-state index is 0.0286. The van der Waals surface area contributed by atoms with Gasteiger partial charge >= 0.3 is 0 Å². The molecule has 2 N–H and O–H groups in total. The Labute approximate surface area is 131 Å². The number of amides is 1. The van der Waals surface area contributed by atoms with Crippen molar-refractivity contribution in [2.75, 3.05) is 17.5 Å². The van der Waals surface area contributed by atoms with Crippen molar-refractivity contribution in [1.29, 1.82) is 0 Å². The van der Waals surface area contributed by atoms with E-state index < -0.39 is 10.0 Å². The Hall–Kier alpha value is 0.0500. The van der Waals surface area contributed by atoms with Crippen molar-refractivity contribution in [3.05, 3.63) is 9.77 Å². The van der Waals surface area contributed by atoms with Gasteiger partial charge in [-0.3, -0.25) is 9.48 Å². The van der Waals surface area contributed by atoms with Gasteiger partial charge < -0.3 is 4.90 Å². The van der Waals surface area contributed by atoms with Gasteiger partial charge in [0.1, 0.15) is 0 Å². The molecule has 1 saturated heterocycles. The molecule has 0 atom stereocenters. The largest absolute Gasteiger partial charge is 0.338 e. The first kappa shape index (κ1) is 14.5. The number of nitrogens with zero attached hydrogens (tertiary/aromatic N) is 3. The van der Waals surface area contributed by atoms with Crippen molar-refractivity contribution < 1.29 is 13.2 Å². The predicted molar refractivity (Wildman–Crippen MR) is 80.8 cm³/mol. The lowest BCUT2D eigenvalue weighted by atomic mass is 10.1. The topological polar surface area (TPSA) is 98.3 Å². The maximum absolute atomic E-state index is 11.4. The minimum Gasteiger partial charge on any atom is -0.338 e. The van der Waals surface area contributed by atoms with Crippen LogP contribution in [0, 0.1) is 3.57 Å². The van der Waals surface area contributed by atoms with Crippen LogP contribution in [0.5, 0.6) is 0 Å².